The molecule has 0 saturated carbocycles. The van der Waals surface area contributed by atoms with Crippen LogP contribution in [0.25, 0.3) is 0 Å². The predicted octanol–water partition coefficient (Wildman–Crippen LogP) is 3.37. The zero-order chi connectivity index (χ0) is 16.3. The van der Waals surface area contributed by atoms with Gasteiger partial charge in [0.15, 0.2) is 5.60 Å². The molecule has 3 rings (SSSR count). The van der Waals surface area contributed by atoms with Gasteiger partial charge in [0.05, 0.1) is 5.02 Å². The molecular formula is C18H18ClNO3. The number of phenolic OH excluding ortho intramolecular Hbond substituents is 1. The summed E-state index contributed by atoms with van der Waals surface area (Å²) in [7, 11) is 0. The first kappa shape index (κ1) is 15.8. The maximum absolute atomic E-state index is 12.8. The van der Waals surface area contributed by atoms with Crippen LogP contribution in [-0.4, -0.2) is 17.6 Å². The summed E-state index contributed by atoms with van der Waals surface area (Å²) in [5, 5.41) is 12.6. The minimum atomic E-state index is -0.915. The van der Waals surface area contributed by atoms with Crippen LogP contribution in [0.3, 0.4) is 0 Å². The van der Waals surface area contributed by atoms with Crippen LogP contribution in [0.5, 0.6) is 5.75 Å². The first-order chi connectivity index (χ1) is 11.1. The third kappa shape index (κ3) is 3.19. The Hall–Kier alpha value is -2.04. The number of rotatable bonds is 4. The predicted molar refractivity (Wildman–Crippen MR) is 88.3 cm³/mol. The third-order valence-electron chi connectivity index (χ3n) is 4.09. The minimum absolute atomic E-state index is 0.0293. The summed E-state index contributed by atoms with van der Waals surface area (Å²) in [6, 6.07) is 14.5. The van der Waals surface area contributed by atoms with E-state index in [4.69, 9.17) is 16.3 Å². The topological polar surface area (TPSA) is 58.6 Å². The normalized spacial score (nSPS) is 20.4. The molecule has 1 saturated heterocycles. The van der Waals surface area contributed by atoms with Gasteiger partial charge in [-0.1, -0.05) is 48.0 Å². The number of halogens is 1. The molecule has 1 aliphatic heterocycles. The molecule has 2 N–H and O–H groups in total. The second-order valence-electron chi connectivity index (χ2n) is 5.61. The van der Waals surface area contributed by atoms with Crippen molar-refractivity contribution in [2.75, 3.05) is 6.61 Å². The lowest BCUT2D eigenvalue weighted by atomic mass is 9.90. The molecule has 2 aromatic carbocycles. The lowest BCUT2D eigenvalue weighted by molar-refractivity contribution is -0.142. The summed E-state index contributed by atoms with van der Waals surface area (Å²) in [5.74, 6) is -0.118. The standard InChI is InChI=1S/C18H18ClNO3/c19-15-11-13(7-8-16(15)21)12-20-17(22)18(9-4-10-23-18)14-5-2-1-3-6-14/h1-3,5-8,11,21H,4,9-10,12H2,(H,20,22). The van der Waals surface area contributed by atoms with E-state index in [1.807, 2.05) is 30.3 Å². The van der Waals surface area contributed by atoms with Gasteiger partial charge in [0.1, 0.15) is 5.75 Å². The van der Waals surface area contributed by atoms with E-state index >= 15 is 0 Å². The van der Waals surface area contributed by atoms with Crippen molar-refractivity contribution in [1.82, 2.24) is 5.32 Å². The number of hydrogen-bond acceptors (Lipinski definition) is 3. The van der Waals surface area contributed by atoms with Crippen LogP contribution >= 0.6 is 11.6 Å². The Labute approximate surface area is 140 Å². The molecule has 2 aromatic rings. The summed E-state index contributed by atoms with van der Waals surface area (Å²) in [6.07, 6.45) is 1.52. The molecule has 1 aliphatic rings. The molecule has 1 atom stereocenters. The lowest BCUT2D eigenvalue weighted by Gasteiger charge is -2.27. The van der Waals surface area contributed by atoms with Gasteiger partial charge in [-0.3, -0.25) is 4.79 Å². The van der Waals surface area contributed by atoms with E-state index in [1.54, 1.807) is 12.1 Å². The number of phenols is 1. The van der Waals surface area contributed by atoms with Crippen molar-refractivity contribution in [3.05, 3.63) is 64.7 Å². The van der Waals surface area contributed by atoms with Crippen molar-refractivity contribution in [1.29, 1.82) is 0 Å². The number of ether oxygens (including phenoxy) is 1. The maximum atomic E-state index is 12.8. The molecule has 0 bridgehead atoms. The Morgan fingerprint density at radius 2 is 2.04 bits per heavy atom. The van der Waals surface area contributed by atoms with Crippen LogP contribution < -0.4 is 5.32 Å². The summed E-state index contributed by atoms with van der Waals surface area (Å²) in [4.78, 5) is 12.8. The Morgan fingerprint density at radius 3 is 2.70 bits per heavy atom. The third-order valence-corrected chi connectivity index (χ3v) is 4.40. The van der Waals surface area contributed by atoms with Gasteiger partial charge in [0.25, 0.3) is 5.91 Å². The zero-order valence-electron chi connectivity index (χ0n) is 12.6. The first-order valence-electron chi connectivity index (χ1n) is 7.57. The molecule has 5 heteroatoms. The van der Waals surface area contributed by atoms with E-state index in [0.29, 0.717) is 19.6 Å². The second-order valence-corrected chi connectivity index (χ2v) is 6.02. The molecule has 4 nitrogen and oxygen atoms in total. The highest BCUT2D eigenvalue weighted by Crippen LogP contribution is 2.36. The van der Waals surface area contributed by atoms with Crippen molar-refractivity contribution in [2.45, 2.75) is 25.0 Å². The Kier molecular flexibility index (Phi) is 4.55. The van der Waals surface area contributed by atoms with Crippen LogP contribution in [0, 0.1) is 0 Å². The van der Waals surface area contributed by atoms with Crippen LogP contribution in [0.15, 0.2) is 48.5 Å². The SMILES string of the molecule is O=C(NCc1ccc(O)c(Cl)c1)C1(c2ccccc2)CCCO1. The van der Waals surface area contributed by atoms with Gasteiger partial charge >= 0.3 is 0 Å². The van der Waals surface area contributed by atoms with Gasteiger partial charge in [-0.2, -0.15) is 0 Å². The van der Waals surface area contributed by atoms with Crippen molar-refractivity contribution >= 4 is 17.5 Å². The number of amides is 1. The Balaban J connectivity index is 1.76. The molecule has 1 unspecified atom stereocenters. The largest absolute Gasteiger partial charge is 0.506 e. The summed E-state index contributed by atoms with van der Waals surface area (Å²) in [6.45, 7) is 0.907. The number of nitrogens with one attached hydrogen (secondary N) is 1. The van der Waals surface area contributed by atoms with Crippen LogP contribution in [0.2, 0.25) is 5.02 Å². The van der Waals surface area contributed by atoms with Crippen LogP contribution in [0.4, 0.5) is 0 Å². The number of hydrogen-bond donors (Lipinski definition) is 2. The average molecular weight is 332 g/mol. The van der Waals surface area contributed by atoms with Crippen molar-refractivity contribution in [2.24, 2.45) is 0 Å². The molecule has 120 valence electrons. The Bertz CT molecular complexity index is 697. The van der Waals surface area contributed by atoms with Crippen molar-refractivity contribution in [3.63, 3.8) is 0 Å². The summed E-state index contributed by atoms with van der Waals surface area (Å²) < 4.78 is 5.84. The average Bonchev–Trinajstić information content (AvgIpc) is 3.07. The number of benzene rings is 2. The van der Waals surface area contributed by atoms with Gasteiger partial charge in [-0.05, 0) is 36.1 Å². The minimum Gasteiger partial charge on any atom is -0.506 e. The van der Waals surface area contributed by atoms with Gasteiger partial charge in [-0.25, -0.2) is 0 Å². The second kappa shape index (κ2) is 6.60. The highest BCUT2D eigenvalue weighted by molar-refractivity contribution is 6.32. The van der Waals surface area contributed by atoms with E-state index < -0.39 is 5.60 Å². The number of aromatic hydroxyl groups is 1. The molecule has 0 radical (unpaired) electrons. The fourth-order valence-electron chi connectivity index (χ4n) is 2.87. The van der Waals surface area contributed by atoms with E-state index in [9.17, 15) is 9.90 Å². The lowest BCUT2D eigenvalue weighted by Crippen LogP contribution is -2.43. The highest BCUT2D eigenvalue weighted by Gasteiger charge is 2.44. The summed E-state index contributed by atoms with van der Waals surface area (Å²) >= 11 is 5.89. The number of carbonyl (C=O) groups excluding carboxylic acids is 1. The molecular weight excluding hydrogens is 314 g/mol. The smallest absolute Gasteiger partial charge is 0.257 e. The molecule has 0 spiro atoms. The van der Waals surface area contributed by atoms with Crippen LogP contribution in [-0.2, 0) is 21.7 Å². The van der Waals surface area contributed by atoms with Gasteiger partial charge in [-0.15, -0.1) is 0 Å². The monoisotopic (exact) mass is 331 g/mol. The molecule has 1 heterocycles. The highest BCUT2D eigenvalue weighted by atomic mass is 35.5. The van der Waals surface area contributed by atoms with Gasteiger partial charge in [0, 0.05) is 13.2 Å². The van der Waals surface area contributed by atoms with Crippen molar-refractivity contribution in [3.8, 4) is 5.75 Å². The summed E-state index contributed by atoms with van der Waals surface area (Å²) in [5.41, 5.74) is 0.781. The molecule has 23 heavy (non-hydrogen) atoms. The fraction of sp³-hybridized carbons (Fsp3) is 0.278. The molecule has 0 aromatic heterocycles. The van der Waals surface area contributed by atoms with Crippen LogP contribution in [0.1, 0.15) is 24.0 Å². The molecule has 0 aliphatic carbocycles. The first-order valence-corrected chi connectivity index (χ1v) is 7.95. The fourth-order valence-corrected chi connectivity index (χ4v) is 3.07. The van der Waals surface area contributed by atoms with Gasteiger partial charge in [0.2, 0.25) is 0 Å². The maximum Gasteiger partial charge on any atom is 0.257 e. The van der Waals surface area contributed by atoms with E-state index in [-0.39, 0.29) is 16.7 Å². The Morgan fingerprint density at radius 1 is 1.26 bits per heavy atom. The zero-order valence-corrected chi connectivity index (χ0v) is 13.3. The van der Waals surface area contributed by atoms with Gasteiger partial charge < -0.3 is 15.2 Å². The van der Waals surface area contributed by atoms with E-state index in [0.717, 1.165) is 17.5 Å². The van der Waals surface area contributed by atoms with E-state index in [2.05, 4.69) is 5.32 Å². The van der Waals surface area contributed by atoms with E-state index in [1.165, 1.54) is 6.07 Å². The van der Waals surface area contributed by atoms with Crippen molar-refractivity contribution < 1.29 is 14.6 Å². The molecule has 1 amide bonds. The molecule has 1 fully saturated rings. The number of carbonyl (C=O) groups is 1. The quantitative estimate of drug-likeness (QED) is 0.903.